The molecule has 0 saturated heterocycles. The molecule has 2 rings (SSSR count). The topological polar surface area (TPSA) is 79.3 Å². The third-order valence-corrected chi connectivity index (χ3v) is 2.87. The Bertz CT molecular complexity index is 686. The van der Waals surface area contributed by atoms with Crippen LogP contribution in [0, 0.1) is 6.92 Å². The molecule has 0 spiro atoms. The van der Waals surface area contributed by atoms with Gasteiger partial charge in [-0.25, -0.2) is 9.78 Å². The van der Waals surface area contributed by atoms with Crippen molar-refractivity contribution in [1.29, 1.82) is 0 Å². The number of carboxylic acids is 1. The molecule has 102 valence electrons. The number of carbonyl (C=O) groups excluding carboxylic acids is 1. The lowest BCUT2D eigenvalue weighted by Crippen LogP contribution is -2.16. The molecule has 5 nitrogen and oxygen atoms in total. The van der Waals surface area contributed by atoms with Gasteiger partial charge in [0.15, 0.2) is 0 Å². The molecule has 6 heteroatoms. The number of hydrogen-bond acceptors (Lipinski definition) is 3. The molecule has 1 aromatic carbocycles. The van der Waals surface area contributed by atoms with Gasteiger partial charge in [-0.1, -0.05) is 17.7 Å². The lowest BCUT2D eigenvalue weighted by atomic mass is 10.2. The molecule has 0 fully saturated rings. The Hall–Kier alpha value is -2.40. The van der Waals surface area contributed by atoms with E-state index in [4.69, 9.17) is 16.7 Å². The van der Waals surface area contributed by atoms with Gasteiger partial charge < -0.3 is 10.4 Å². The van der Waals surface area contributed by atoms with Crippen LogP contribution in [0.2, 0.25) is 5.02 Å². The van der Waals surface area contributed by atoms with Crippen molar-refractivity contribution >= 4 is 29.2 Å². The molecular formula is C14H11ClN2O3. The minimum atomic E-state index is -1.18. The zero-order valence-corrected chi connectivity index (χ0v) is 11.3. The number of anilines is 1. The highest BCUT2D eigenvalue weighted by Gasteiger charge is 2.12. The van der Waals surface area contributed by atoms with Crippen LogP contribution in [0.5, 0.6) is 0 Å². The molecular weight excluding hydrogens is 280 g/mol. The Morgan fingerprint density at radius 2 is 1.90 bits per heavy atom. The molecule has 0 aliphatic carbocycles. The fourth-order valence-corrected chi connectivity index (χ4v) is 1.86. The number of pyridine rings is 1. The third-order valence-electron chi connectivity index (χ3n) is 2.64. The highest BCUT2D eigenvalue weighted by atomic mass is 35.5. The molecule has 2 aromatic rings. The number of aromatic nitrogens is 1. The van der Waals surface area contributed by atoms with Gasteiger partial charge in [0.1, 0.15) is 11.4 Å². The quantitative estimate of drug-likeness (QED) is 0.911. The number of carboxylic acid groups (broad SMARTS) is 1. The van der Waals surface area contributed by atoms with Crippen LogP contribution < -0.4 is 5.32 Å². The van der Waals surface area contributed by atoms with E-state index in [1.165, 1.54) is 18.2 Å². The van der Waals surface area contributed by atoms with E-state index in [0.29, 0.717) is 10.7 Å². The fourth-order valence-electron chi connectivity index (χ4n) is 1.63. The number of nitrogens with zero attached hydrogens (tertiary/aromatic N) is 1. The predicted molar refractivity (Wildman–Crippen MR) is 75.3 cm³/mol. The fraction of sp³-hybridized carbons (Fsp3) is 0.0714. The highest BCUT2D eigenvalue weighted by molar-refractivity contribution is 6.30. The second-order valence-corrected chi connectivity index (χ2v) is 4.56. The Balaban J connectivity index is 2.24. The van der Waals surface area contributed by atoms with Crippen molar-refractivity contribution in [2.45, 2.75) is 6.92 Å². The molecule has 0 aliphatic rings. The molecule has 1 aromatic heterocycles. The van der Waals surface area contributed by atoms with E-state index >= 15 is 0 Å². The number of halogens is 1. The molecule has 0 aliphatic heterocycles. The van der Waals surface area contributed by atoms with E-state index < -0.39 is 11.9 Å². The van der Waals surface area contributed by atoms with Crippen molar-refractivity contribution < 1.29 is 14.7 Å². The summed E-state index contributed by atoms with van der Waals surface area (Å²) in [7, 11) is 0. The van der Waals surface area contributed by atoms with Crippen molar-refractivity contribution in [3.63, 3.8) is 0 Å². The van der Waals surface area contributed by atoms with Crippen LogP contribution in [0.1, 0.15) is 26.5 Å². The van der Waals surface area contributed by atoms with Crippen LogP contribution in [0.4, 0.5) is 5.69 Å². The summed E-state index contributed by atoms with van der Waals surface area (Å²) in [5, 5.41) is 12.1. The van der Waals surface area contributed by atoms with Gasteiger partial charge in [0.2, 0.25) is 0 Å². The molecule has 1 heterocycles. The number of amides is 1. The molecule has 0 bridgehead atoms. The van der Waals surface area contributed by atoms with E-state index in [1.54, 1.807) is 18.2 Å². The van der Waals surface area contributed by atoms with Gasteiger partial charge in [-0.05, 0) is 42.8 Å². The van der Waals surface area contributed by atoms with Crippen molar-refractivity contribution in [1.82, 2.24) is 4.98 Å². The zero-order valence-electron chi connectivity index (χ0n) is 10.6. The van der Waals surface area contributed by atoms with Crippen LogP contribution in [0.3, 0.4) is 0 Å². The van der Waals surface area contributed by atoms with Crippen LogP contribution in [-0.4, -0.2) is 22.0 Å². The number of aromatic carboxylic acids is 1. The number of aryl methyl sites for hydroxylation is 1. The Kier molecular flexibility index (Phi) is 4.00. The first kappa shape index (κ1) is 14.0. The molecule has 0 saturated carbocycles. The first-order valence-corrected chi connectivity index (χ1v) is 6.13. The first-order valence-electron chi connectivity index (χ1n) is 5.75. The maximum atomic E-state index is 12.0. The second kappa shape index (κ2) is 5.71. The summed E-state index contributed by atoms with van der Waals surface area (Å²) in [4.78, 5) is 26.6. The molecule has 0 radical (unpaired) electrons. The lowest BCUT2D eigenvalue weighted by Gasteiger charge is -2.08. The summed E-state index contributed by atoms with van der Waals surface area (Å²) >= 11 is 5.84. The average molecular weight is 291 g/mol. The summed E-state index contributed by atoms with van der Waals surface area (Å²) in [5.41, 5.74) is 1.27. The number of hydrogen-bond donors (Lipinski definition) is 2. The van der Waals surface area contributed by atoms with Crippen LogP contribution >= 0.6 is 11.6 Å². The summed E-state index contributed by atoms with van der Waals surface area (Å²) in [5.74, 6) is -1.65. The van der Waals surface area contributed by atoms with E-state index in [1.807, 2.05) is 6.92 Å². The van der Waals surface area contributed by atoms with Crippen molar-refractivity contribution in [2.24, 2.45) is 0 Å². The maximum Gasteiger partial charge on any atom is 0.354 e. The first-order chi connectivity index (χ1) is 9.47. The minimum absolute atomic E-state index is 0.0410. The average Bonchev–Trinajstić information content (AvgIpc) is 2.42. The lowest BCUT2D eigenvalue weighted by molar-refractivity contribution is 0.0690. The third kappa shape index (κ3) is 3.13. The Morgan fingerprint density at radius 3 is 2.55 bits per heavy atom. The van der Waals surface area contributed by atoms with Gasteiger partial charge in [-0.3, -0.25) is 4.79 Å². The summed E-state index contributed by atoms with van der Waals surface area (Å²) in [6.45, 7) is 1.81. The summed E-state index contributed by atoms with van der Waals surface area (Å²) < 4.78 is 0. The smallest absolute Gasteiger partial charge is 0.354 e. The molecule has 2 N–H and O–H groups in total. The van der Waals surface area contributed by atoms with Crippen LogP contribution in [-0.2, 0) is 0 Å². The van der Waals surface area contributed by atoms with Crippen molar-refractivity contribution in [3.05, 3.63) is 58.4 Å². The summed E-state index contributed by atoms with van der Waals surface area (Å²) in [6.07, 6.45) is 0. The SMILES string of the molecule is Cc1cc(Cl)ccc1NC(=O)c1cccc(C(=O)O)n1. The van der Waals surface area contributed by atoms with Gasteiger partial charge in [-0.2, -0.15) is 0 Å². The van der Waals surface area contributed by atoms with Gasteiger partial charge in [0.25, 0.3) is 5.91 Å². The minimum Gasteiger partial charge on any atom is -0.477 e. The molecule has 0 atom stereocenters. The van der Waals surface area contributed by atoms with E-state index in [-0.39, 0.29) is 11.4 Å². The number of rotatable bonds is 3. The number of benzene rings is 1. The standard InChI is InChI=1S/C14H11ClN2O3/c1-8-7-9(15)5-6-10(8)17-13(18)11-3-2-4-12(16-11)14(19)20/h2-7H,1H3,(H,17,18)(H,19,20). The van der Waals surface area contributed by atoms with Gasteiger partial charge >= 0.3 is 5.97 Å². The number of nitrogens with one attached hydrogen (secondary N) is 1. The van der Waals surface area contributed by atoms with Crippen LogP contribution in [0.15, 0.2) is 36.4 Å². The zero-order chi connectivity index (χ0) is 14.7. The van der Waals surface area contributed by atoms with Gasteiger partial charge in [0, 0.05) is 10.7 Å². The molecule has 0 unspecified atom stereocenters. The second-order valence-electron chi connectivity index (χ2n) is 4.13. The van der Waals surface area contributed by atoms with Gasteiger partial charge in [-0.15, -0.1) is 0 Å². The Morgan fingerprint density at radius 1 is 1.20 bits per heavy atom. The van der Waals surface area contributed by atoms with Gasteiger partial charge in [0.05, 0.1) is 0 Å². The van der Waals surface area contributed by atoms with E-state index in [9.17, 15) is 9.59 Å². The van der Waals surface area contributed by atoms with E-state index in [2.05, 4.69) is 10.3 Å². The molecule has 1 amide bonds. The normalized spacial score (nSPS) is 10.1. The largest absolute Gasteiger partial charge is 0.477 e. The maximum absolute atomic E-state index is 12.0. The van der Waals surface area contributed by atoms with Crippen LogP contribution in [0.25, 0.3) is 0 Å². The number of carbonyl (C=O) groups is 2. The highest BCUT2D eigenvalue weighted by Crippen LogP contribution is 2.20. The summed E-state index contributed by atoms with van der Waals surface area (Å²) in [6, 6.07) is 9.31. The van der Waals surface area contributed by atoms with Crippen molar-refractivity contribution in [3.8, 4) is 0 Å². The van der Waals surface area contributed by atoms with E-state index in [0.717, 1.165) is 5.56 Å². The Labute approximate surface area is 120 Å². The molecule has 20 heavy (non-hydrogen) atoms. The van der Waals surface area contributed by atoms with Crippen molar-refractivity contribution in [2.75, 3.05) is 5.32 Å². The predicted octanol–water partition coefficient (Wildman–Crippen LogP) is 2.99. The monoisotopic (exact) mass is 290 g/mol.